The minimum atomic E-state index is -0.0574. The summed E-state index contributed by atoms with van der Waals surface area (Å²) in [6.45, 7) is 3.11. The highest BCUT2D eigenvalue weighted by Gasteiger charge is 2.09. The number of nitrogens with zero attached hydrogens (tertiary/aromatic N) is 1. The first-order valence-electron chi connectivity index (χ1n) is 6.54. The lowest BCUT2D eigenvalue weighted by molar-refractivity contribution is -0.115. The van der Waals surface area contributed by atoms with E-state index in [1.807, 2.05) is 54.3 Å². The standard InChI is InChI=1S/C16H17ClN2O/c1-2-19(15-9-4-3-5-10-15)12-16(20)18-14-8-6-7-13(17)11-14/h3-11H,2,12H2,1H3,(H,18,20). The monoisotopic (exact) mass is 288 g/mol. The molecular formula is C16H17ClN2O. The third-order valence-corrected chi connectivity index (χ3v) is 3.18. The van der Waals surface area contributed by atoms with Crippen molar-refractivity contribution in [3.63, 3.8) is 0 Å². The number of hydrogen-bond acceptors (Lipinski definition) is 2. The van der Waals surface area contributed by atoms with Gasteiger partial charge in [-0.2, -0.15) is 0 Å². The van der Waals surface area contributed by atoms with Gasteiger partial charge in [-0.05, 0) is 37.3 Å². The number of carbonyl (C=O) groups excluding carboxylic acids is 1. The van der Waals surface area contributed by atoms with Crippen molar-refractivity contribution in [2.75, 3.05) is 23.3 Å². The summed E-state index contributed by atoms with van der Waals surface area (Å²) in [5, 5.41) is 3.46. The predicted octanol–water partition coefficient (Wildman–Crippen LogP) is 3.81. The number of anilines is 2. The summed E-state index contributed by atoms with van der Waals surface area (Å²) < 4.78 is 0. The number of para-hydroxylation sites is 1. The maximum absolute atomic E-state index is 12.1. The molecule has 3 nitrogen and oxygen atoms in total. The number of benzene rings is 2. The van der Waals surface area contributed by atoms with Gasteiger partial charge in [-0.25, -0.2) is 0 Å². The molecule has 0 aromatic heterocycles. The zero-order chi connectivity index (χ0) is 14.4. The van der Waals surface area contributed by atoms with Crippen LogP contribution in [0.2, 0.25) is 5.02 Å². The molecular weight excluding hydrogens is 272 g/mol. The Morgan fingerprint density at radius 1 is 1.15 bits per heavy atom. The van der Waals surface area contributed by atoms with Crippen LogP contribution >= 0.6 is 11.6 Å². The normalized spacial score (nSPS) is 10.1. The Hall–Kier alpha value is -2.00. The first-order chi connectivity index (χ1) is 9.69. The highest BCUT2D eigenvalue weighted by molar-refractivity contribution is 6.30. The van der Waals surface area contributed by atoms with Gasteiger partial charge in [0.25, 0.3) is 0 Å². The van der Waals surface area contributed by atoms with Crippen LogP contribution < -0.4 is 10.2 Å². The molecule has 4 heteroatoms. The zero-order valence-corrected chi connectivity index (χ0v) is 12.1. The highest BCUT2D eigenvalue weighted by Crippen LogP contribution is 2.16. The van der Waals surface area contributed by atoms with Crippen molar-refractivity contribution >= 4 is 28.9 Å². The van der Waals surface area contributed by atoms with Gasteiger partial charge in [0, 0.05) is 22.9 Å². The third kappa shape index (κ3) is 4.00. The number of carbonyl (C=O) groups is 1. The van der Waals surface area contributed by atoms with Crippen LogP contribution in [-0.2, 0) is 4.79 Å². The molecule has 2 aromatic rings. The van der Waals surface area contributed by atoms with Crippen LogP contribution in [0, 0.1) is 0 Å². The fourth-order valence-electron chi connectivity index (χ4n) is 1.96. The average Bonchev–Trinajstić information content (AvgIpc) is 2.45. The van der Waals surface area contributed by atoms with Crippen LogP contribution in [0.5, 0.6) is 0 Å². The van der Waals surface area contributed by atoms with E-state index < -0.39 is 0 Å². The summed E-state index contributed by atoms with van der Waals surface area (Å²) in [6.07, 6.45) is 0. The molecule has 1 amide bonds. The molecule has 0 bridgehead atoms. The summed E-state index contributed by atoms with van der Waals surface area (Å²) in [4.78, 5) is 14.1. The number of halogens is 1. The van der Waals surface area contributed by atoms with Gasteiger partial charge in [0.1, 0.15) is 0 Å². The third-order valence-electron chi connectivity index (χ3n) is 2.95. The molecule has 0 saturated heterocycles. The Bertz CT molecular complexity index is 572. The average molecular weight is 289 g/mol. The first-order valence-corrected chi connectivity index (χ1v) is 6.92. The van der Waals surface area contributed by atoms with Crippen molar-refractivity contribution in [2.24, 2.45) is 0 Å². The molecule has 0 atom stereocenters. The van der Waals surface area contributed by atoms with E-state index in [9.17, 15) is 4.79 Å². The molecule has 0 spiro atoms. The first kappa shape index (κ1) is 14.4. The van der Waals surface area contributed by atoms with Crippen molar-refractivity contribution in [1.29, 1.82) is 0 Å². The second kappa shape index (κ2) is 6.96. The van der Waals surface area contributed by atoms with Crippen molar-refractivity contribution in [3.8, 4) is 0 Å². The van der Waals surface area contributed by atoms with Crippen LogP contribution in [0.4, 0.5) is 11.4 Å². The van der Waals surface area contributed by atoms with Gasteiger partial charge in [-0.3, -0.25) is 4.79 Å². The molecule has 2 rings (SSSR count). The number of amides is 1. The fraction of sp³-hybridized carbons (Fsp3) is 0.188. The van der Waals surface area contributed by atoms with Crippen LogP contribution in [0.25, 0.3) is 0 Å². The number of likely N-dealkylation sites (N-methyl/N-ethyl adjacent to an activating group) is 1. The Balaban J connectivity index is 2.00. The minimum Gasteiger partial charge on any atom is -0.362 e. The molecule has 0 aliphatic rings. The van der Waals surface area contributed by atoms with Crippen molar-refractivity contribution < 1.29 is 4.79 Å². The Morgan fingerprint density at radius 2 is 1.90 bits per heavy atom. The topological polar surface area (TPSA) is 32.3 Å². The van der Waals surface area contributed by atoms with Gasteiger partial charge in [0.2, 0.25) is 5.91 Å². The van der Waals surface area contributed by atoms with Gasteiger partial charge in [0.15, 0.2) is 0 Å². The van der Waals surface area contributed by atoms with Gasteiger partial charge in [-0.15, -0.1) is 0 Å². The molecule has 0 saturated carbocycles. The lowest BCUT2D eigenvalue weighted by atomic mass is 10.2. The number of rotatable bonds is 5. The van der Waals surface area contributed by atoms with E-state index in [2.05, 4.69) is 5.32 Å². The molecule has 0 heterocycles. The van der Waals surface area contributed by atoms with Gasteiger partial charge in [-0.1, -0.05) is 35.9 Å². The van der Waals surface area contributed by atoms with E-state index in [0.29, 0.717) is 17.3 Å². The second-order valence-corrected chi connectivity index (χ2v) is 4.84. The van der Waals surface area contributed by atoms with Gasteiger partial charge < -0.3 is 10.2 Å². The van der Waals surface area contributed by atoms with Crippen molar-refractivity contribution in [2.45, 2.75) is 6.92 Å². The summed E-state index contributed by atoms with van der Waals surface area (Å²) in [5.41, 5.74) is 1.75. The van der Waals surface area contributed by atoms with E-state index >= 15 is 0 Å². The Morgan fingerprint density at radius 3 is 2.55 bits per heavy atom. The van der Waals surface area contributed by atoms with Crippen molar-refractivity contribution in [3.05, 3.63) is 59.6 Å². The number of nitrogens with one attached hydrogen (secondary N) is 1. The molecule has 20 heavy (non-hydrogen) atoms. The Kier molecular flexibility index (Phi) is 5.02. The maximum Gasteiger partial charge on any atom is 0.243 e. The van der Waals surface area contributed by atoms with Crippen molar-refractivity contribution in [1.82, 2.24) is 0 Å². The van der Waals surface area contributed by atoms with E-state index in [1.54, 1.807) is 12.1 Å². The maximum atomic E-state index is 12.1. The smallest absolute Gasteiger partial charge is 0.243 e. The SMILES string of the molecule is CCN(CC(=O)Nc1cccc(Cl)c1)c1ccccc1. The summed E-state index contributed by atoms with van der Waals surface area (Å²) in [6, 6.07) is 17.0. The summed E-state index contributed by atoms with van der Waals surface area (Å²) in [5.74, 6) is -0.0574. The number of hydrogen-bond donors (Lipinski definition) is 1. The van der Waals surface area contributed by atoms with Crippen LogP contribution in [0.15, 0.2) is 54.6 Å². The zero-order valence-electron chi connectivity index (χ0n) is 11.3. The summed E-state index contributed by atoms with van der Waals surface area (Å²) >= 11 is 5.90. The van der Waals surface area contributed by atoms with Gasteiger partial charge in [0.05, 0.1) is 6.54 Å². The lowest BCUT2D eigenvalue weighted by Crippen LogP contribution is -2.33. The lowest BCUT2D eigenvalue weighted by Gasteiger charge is -2.22. The van der Waals surface area contributed by atoms with E-state index in [0.717, 1.165) is 12.2 Å². The van der Waals surface area contributed by atoms with Crippen LogP contribution in [0.1, 0.15) is 6.92 Å². The van der Waals surface area contributed by atoms with Gasteiger partial charge >= 0.3 is 0 Å². The van der Waals surface area contributed by atoms with E-state index in [-0.39, 0.29) is 5.91 Å². The van der Waals surface area contributed by atoms with Crippen LogP contribution in [0.3, 0.4) is 0 Å². The summed E-state index contributed by atoms with van der Waals surface area (Å²) in [7, 11) is 0. The molecule has 1 N–H and O–H groups in total. The molecule has 2 aromatic carbocycles. The molecule has 0 radical (unpaired) electrons. The molecule has 0 unspecified atom stereocenters. The predicted molar refractivity (Wildman–Crippen MR) is 84.4 cm³/mol. The largest absolute Gasteiger partial charge is 0.362 e. The van der Waals surface area contributed by atoms with E-state index in [4.69, 9.17) is 11.6 Å². The quantitative estimate of drug-likeness (QED) is 0.907. The van der Waals surface area contributed by atoms with E-state index in [1.165, 1.54) is 0 Å². The fourth-order valence-corrected chi connectivity index (χ4v) is 2.15. The molecule has 0 aliphatic heterocycles. The molecule has 0 fully saturated rings. The molecule has 104 valence electrons. The highest BCUT2D eigenvalue weighted by atomic mass is 35.5. The minimum absolute atomic E-state index is 0.0574. The Labute approximate surface area is 124 Å². The van der Waals surface area contributed by atoms with Crippen LogP contribution in [-0.4, -0.2) is 19.0 Å². The molecule has 0 aliphatic carbocycles. The second-order valence-electron chi connectivity index (χ2n) is 4.41.